The summed E-state index contributed by atoms with van der Waals surface area (Å²) in [5.74, 6) is -0.432. The molecule has 7 heteroatoms. The fourth-order valence-electron chi connectivity index (χ4n) is 2.35. The van der Waals surface area contributed by atoms with Crippen LogP contribution in [-0.4, -0.2) is 40.8 Å². The topological polar surface area (TPSA) is 67.4 Å². The number of morpholine rings is 1. The highest BCUT2D eigenvalue weighted by atomic mass is 32.2. The minimum Gasteiger partial charge on any atom is -0.374 e. The van der Waals surface area contributed by atoms with Crippen molar-refractivity contribution in [2.24, 2.45) is 0 Å². The third kappa shape index (κ3) is 3.54. The van der Waals surface area contributed by atoms with Crippen molar-refractivity contribution < 1.29 is 17.5 Å². The first-order chi connectivity index (χ1) is 9.40. The van der Waals surface area contributed by atoms with Crippen molar-refractivity contribution in [3.05, 3.63) is 29.1 Å². The van der Waals surface area contributed by atoms with Gasteiger partial charge in [-0.15, -0.1) is 0 Å². The number of hydrogen-bond acceptors (Lipinski definition) is 4. The van der Waals surface area contributed by atoms with Crippen LogP contribution < -0.4 is 10.0 Å². The second-order valence-electron chi connectivity index (χ2n) is 4.92. The van der Waals surface area contributed by atoms with E-state index >= 15 is 0 Å². The Morgan fingerprint density at radius 1 is 1.40 bits per heavy atom. The van der Waals surface area contributed by atoms with Crippen molar-refractivity contribution >= 4 is 10.0 Å². The van der Waals surface area contributed by atoms with Crippen LogP contribution >= 0.6 is 0 Å². The quantitative estimate of drug-likeness (QED) is 0.859. The molecule has 1 aromatic rings. The Bertz CT molecular complexity index is 560. The average molecular weight is 302 g/mol. The number of ether oxygens (including phenoxy) is 1. The van der Waals surface area contributed by atoms with Gasteiger partial charge in [-0.3, -0.25) is 0 Å². The number of hydrogen-bond donors (Lipinski definition) is 2. The van der Waals surface area contributed by atoms with Crippen LogP contribution in [0.3, 0.4) is 0 Å². The van der Waals surface area contributed by atoms with Crippen LogP contribution in [0.25, 0.3) is 0 Å². The molecule has 2 N–H and O–H groups in total. The minimum atomic E-state index is -3.66. The molecule has 5 nitrogen and oxygen atoms in total. The molecule has 0 bridgehead atoms. The molecule has 0 aliphatic carbocycles. The summed E-state index contributed by atoms with van der Waals surface area (Å²) in [4.78, 5) is 0.141. The van der Waals surface area contributed by atoms with E-state index in [0.29, 0.717) is 24.3 Å². The molecule has 112 valence electrons. The molecule has 20 heavy (non-hydrogen) atoms. The van der Waals surface area contributed by atoms with E-state index in [1.165, 1.54) is 12.1 Å². The van der Waals surface area contributed by atoms with Gasteiger partial charge in [-0.25, -0.2) is 17.5 Å². The monoisotopic (exact) mass is 302 g/mol. The fourth-order valence-corrected chi connectivity index (χ4v) is 3.86. The molecule has 1 aliphatic heterocycles. The molecular formula is C13H19FN2O3S. The molecule has 1 saturated heterocycles. The molecule has 0 amide bonds. The van der Waals surface area contributed by atoms with Gasteiger partial charge in [-0.2, -0.15) is 0 Å². The molecule has 1 aliphatic rings. The van der Waals surface area contributed by atoms with Crippen LogP contribution in [0.15, 0.2) is 17.0 Å². The first kappa shape index (κ1) is 15.4. The van der Waals surface area contributed by atoms with Crippen molar-refractivity contribution in [1.82, 2.24) is 10.0 Å². The van der Waals surface area contributed by atoms with Crippen molar-refractivity contribution in [3.63, 3.8) is 0 Å². The van der Waals surface area contributed by atoms with Crippen LogP contribution in [0.2, 0.25) is 0 Å². The largest absolute Gasteiger partial charge is 0.374 e. The van der Waals surface area contributed by atoms with Crippen LogP contribution in [0.5, 0.6) is 0 Å². The maximum absolute atomic E-state index is 13.2. The molecule has 1 unspecified atom stereocenters. The summed E-state index contributed by atoms with van der Waals surface area (Å²) in [5.41, 5.74) is 0.801. The second-order valence-corrected chi connectivity index (χ2v) is 6.62. The normalized spacial score (nSPS) is 20.1. The second kappa shape index (κ2) is 6.17. The highest BCUT2D eigenvalue weighted by molar-refractivity contribution is 7.89. The highest BCUT2D eigenvalue weighted by Crippen LogP contribution is 2.21. The van der Waals surface area contributed by atoms with Gasteiger partial charge in [-0.1, -0.05) is 0 Å². The van der Waals surface area contributed by atoms with E-state index < -0.39 is 15.8 Å². The van der Waals surface area contributed by atoms with E-state index in [1.807, 2.05) is 0 Å². The number of halogens is 1. The number of rotatable bonds is 4. The molecular weight excluding hydrogens is 283 g/mol. The lowest BCUT2D eigenvalue weighted by Crippen LogP contribution is -2.45. The first-order valence-corrected chi connectivity index (χ1v) is 7.97. The molecule has 1 aromatic carbocycles. The molecule has 2 rings (SSSR count). The maximum Gasteiger partial charge on any atom is 0.241 e. The highest BCUT2D eigenvalue weighted by Gasteiger charge is 2.22. The molecule has 0 spiro atoms. The standard InChI is InChI=1S/C13H19FN2O3S/c1-9-5-11(14)6-10(2)13(9)20(17,18)16-8-12-7-15-3-4-19-12/h5-6,12,15-16H,3-4,7-8H2,1-2H3. The minimum absolute atomic E-state index is 0.141. The van der Waals surface area contributed by atoms with Crippen LogP contribution in [0.4, 0.5) is 4.39 Å². The van der Waals surface area contributed by atoms with Crippen molar-refractivity contribution in [2.75, 3.05) is 26.2 Å². The van der Waals surface area contributed by atoms with Gasteiger partial charge in [0.2, 0.25) is 10.0 Å². The molecule has 1 heterocycles. The van der Waals surface area contributed by atoms with E-state index in [9.17, 15) is 12.8 Å². The van der Waals surface area contributed by atoms with Crippen molar-refractivity contribution in [3.8, 4) is 0 Å². The number of nitrogens with one attached hydrogen (secondary N) is 2. The van der Waals surface area contributed by atoms with Gasteiger partial charge in [0.15, 0.2) is 0 Å². The van der Waals surface area contributed by atoms with Gasteiger partial charge in [0.25, 0.3) is 0 Å². The van der Waals surface area contributed by atoms with Crippen LogP contribution in [-0.2, 0) is 14.8 Å². The number of aryl methyl sites for hydroxylation is 2. The lowest BCUT2D eigenvalue weighted by Gasteiger charge is -2.24. The van der Waals surface area contributed by atoms with E-state index in [-0.39, 0.29) is 17.5 Å². The maximum atomic E-state index is 13.2. The molecule has 1 atom stereocenters. The van der Waals surface area contributed by atoms with Crippen LogP contribution in [0, 0.1) is 19.7 Å². The summed E-state index contributed by atoms with van der Waals surface area (Å²) in [6.07, 6.45) is -0.181. The Balaban J connectivity index is 2.14. The van der Waals surface area contributed by atoms with Crippen molar-refractivity contribution in [2.45, 2.75) is 24.8 Å². The van der Waals surface area contributed by atoms with E-state index in [1.54, 1.807) is 13.8 Å². The van der Waals surface area contributed by atoms with Gasteiger partial charge in [0.1, 0.15) is 5.82 Å². The summed E-state index contributed by atoms with van der Waals surface area (Å²) in [5, 5.41) is 3.13. The third-order valence-electron chi connectivity index (χ3n) is 3.20. The van der Waals surface area contributed by atoms with Gasteiger partial charge in [0.05, 0.1) is 17.6 Å². The zero-order chi connectivity index (χ0) is 14.8. The van der Waals surface area contributed by atoms with E-state index in [2.05, 4.69) is 10.0 Å². The predicted octanol–water partition coefficient (Wildman–Crippen LogP) is 0.709. The summed E-state index contributed by atoms with van der Waals surface area (Å²) in [7, 11) is -3.66. The van der Waals surface area contributed by atoms with E-state index in [0.717, 1.165) is 6.54 Å². The summed E-state index contributed by atoms with van der Waals surface area (Å²) in [6.45, 7) is 5.34. The molecule has 0 radical (unpaired) electrons. The lowest BCUT2D eigenvalue weighted by atomic mass is 10.1. The average Bonchev–Trinajstić information content (AvgIpc) is 2.36. The van der Waals surface area contributed by atoms with Crippen LogP contribution in [0.1, 0.15) is 11.1 Å². The predicted molar refractivity (Wildman–Crippen MR) is 73.7 cm³/mol. The van der Waals surface area contributed by atoms with Gasteiger partial charge < -0.3 is 10.1 Å². The Morgan fingerprint density at radius 3 is 2.60 bits per heavy atom. The fraction of sp³-hybridized carbons (Fsp3) is 0.538. The SMILES string of the molecule is Cc1cc(F)cc(C)c1S(=O)(=O)NCC1CNCCO1. The molecule has 1 fully saturated rings. The summed E-state index contributed by atoms with van der Waals surface area (Å²) >= 11 is 0. The first-order valence-electron chi connectivity index (χ1n) is 6.49. The molecule has 0 aromatic heterocycles. The Kier molecular flexibility index (Phi) is 4.74. The molecule has 0 saturated carbocycles. The lowest BCUT2D eigenvalue weighted by molar-refractivity contribution is 0.0324. The van der Waals surface area contributed by atoms with Crippen molar-refractivity contribution in [1.29, 1.82) is 0 Å². The van der Waals surface area contributed by atoms with Gasteiger partial charge in [0, 0.05) is 19.6 Å². The zero-order valence-corrected chi connectivity index (χ0v) is 12.4. The summed E-state index contributed by atoms with van der Waals surface area (Å²) in [6, 6.07) is 2.44. The number of sulfonamides is 1. The number of benzene rings is 1. The zero-order valence-electron chi connectivity index (χ0n) is 11.6. The Hall–Kier alpha value is -1.02. The summed E-state index contributed by atoms with van der Waals surface area (Å²) < 4.78 is 45.8. The smallest absolute Gasteiger partial charge is 0.241 e. The van der Waals surface area contributed by atoms with Gasteiger partial charge in [-0.05, 0) is 37.1 Å². The van der Waals surface area contributed by atoms with E-state index in [4.69, 9.17) is 4.74 Å². The van der Waals surface area contributed by atoms with Gasteiger partial charge >= 0.3 is 0 Å². The Labute approximate surface area is 118 Å². The third-order valence-corrected chi connectivity index (χ3v) is 4.93. The Morgan fingerprint density at radius 2 is 2.05 bits per heavy atom.